The van der Waals surface area contributed by atoms with Crippen LogP contribution < -0.4 is 4.98 Å². The third kappa shape index (κ3) is 6.08. The van der Waals surface area contributed by atoms with Crippen LogP contribution in [-0.4, -0.2) is 10.8 Å². The maximum Gasteiger partial charge on any atom is 0.415 e. The van der Waals surface area contributed by atoms with Crippen molar-refractivity contribution in [1.82, 2.24) is 9.97 Å². The summed E-state index contributed by atoms with van der Waals surface area (Å²) in [6.45, 7) is 1.05. The topological polar surface area (TPSA) is 44.1 Å². The number of carbonyl (C=O) groups is 1. The number of halogens is 5. The van der Waals surface area contributed by atoms with Gasteiger partial charge in [-0.1, -0.05) is 35.5 Å². The monoisotopic (exact) mass is 559 g/mol. The Morgan fingerprint density at radius 2 is 1.89 bits per heavy atom. The summed E-state index contributed by atoms with van der Waals surface area (Å²) in [6, 6.07) is 10.3. The van der Waals surface area contributed by atoms with Gasteiger partial charge < -0.3 is 9.97 Å². The molecule has 0 aliphatic carbocycles. The molecule has 3 rings (SSSR count). The second-order valence-corrected chi connectivity index (χ2v) is 5.02. The predicted octanol–water partition coefficient (Wildman–Crippen LogP) is 4.69. The van der Waals surface area contributed by atoms with E-state index in [1.54, 1.807) is 24.4 Å². The van der Waals surface area contributed by atoms with E-state index in [9.17, 15) is 26.7 Å². The zero-order valence-electron chi connectivity index (χ0n) is 13.6. The van der Waals surface area contributed by atoms with Crippen LogP contribution in [0.1, 0.15) is 23.0 Å². The summed E-state index contributed by atoms with van der Waals surface area (Å²) in [5, 5.41) is 0. The van der Waals surface area contributed by atoms with Crippen LogP contribution in [0.3, 0.4) is 0 Å². The number of rotatable bonds is 2. The Balaban J connectivity index is 0.000000264. The molecular weight excluding hydrogens is 547 g/mol. The maximum atomic E-state index is 13.2. The summed E-state index contributed by atoms with van der Waals surface area (Å²) in [7, 11) is 0. The molecule has 0 saturated heterocycles. The van der Waals surface area contributed by atoms with Crippen molar-refractivity contribution in [2.24, 2.45) is 0 Å². The van der Waals surface area contributed by atoms with E-state index < -0.39 is 34.9 Å². The van der Waals surface area contributed by atoms with Gasteiger partial charge in [-0.3, -0.25) is 13.6 Å². The molecule has 145 valence electrons. The first-order valence-electron chi connectivity index (χ1n) is 7.18. The van der Waals surface area contributed by atoms with Crippen molar-refractivity contribution in [1.29, 1.82) is 0 Å². The van der Waals surface area contributed by atoms with Crippen LogP contribution in [0.5, 0.6) is 0 Å². The van der Waals surface area contributed by atoms with Gasteiger partial charge in [-0.05, 0) is 18.7 Å². The molecular formula is C18H11F5IrN2O-2. The molecule has 0 bridgehead atoms. The largest absolute Gasteiger partial charge is 0.661 e. The summed E-state index contributed by atoms with van der Waals surface area (Å²) in [5.41, 5.74) is -0.838. The Kier molecular flexibility index (Phi) is 7.99. The minimum Gasteiger partial charge on any atom is -0.661 e. The van der Waals surface area contributed by atoms with E-state index in [0.717, 1.165) is 31.3 Å². The third-order valence-electron chi connectivity index (χ3n) is 3.12. The molecule has 3 aromatic rings. The predicted molar refractivity (Wildman–Crippen MR) is 83.2 cm³/mol. The average Bonchev–Trinajstić information content (AvgIpc) is 3.06. The molecule has 0 saturated carbocycles. The number of carbonyl (C=O) groups excluding carboxylic acids is 1. The van der Waals surface area contributed by atoms with E-state index in [1.165, 1.54) is 0 Å². The number of Topliss-reactive ketones (excluding diaryl/α,β-unsaturated/α-hetero) is 1. The molecule has 2 heterocycles. The normalized spacial score (nSPS) is 10.4. The first-order chi connectivity index (χ1) is 12.2. The van der Waals surface area contributed by atoms with Crippen molar-refractivity contribution >= 4 is 5.78 Å². The number of hydrogen-bond donors (Lipinski definition) is 0. The number of nitrogens with zero attached hydrogens (tertiary/aromatic N) is 2. The number of hydrogen-bond acceptors (Lipinski definition) is 2. The molecule has 0 spiro atoms. The third-order valence-corrected chi connectivity index (χ3v) is 3.12. The van der Waals surface area contributed by atoms with Crippen molar-refractivity contribution in [3.63, 3.8) is 0 Å². The van der Waals surface area contributed by atoms with E-state index in [0.29, 0.717) is 5.69 Å². The molecule has 9 heteroatoms. The smallest absolute Gasteiger partial charge is 0.415 e. The van der Waals surface area contributed by atoms with E-state index in [-0.39, 0.29) is 25.7 Å². The molecule has 0 aliphatic heterocycles. The Bertz CT molecular complexity index is 894. The van der Waals surface area contributed by atoms with Crippen molar-refractivity contribution < 1.29 is 46.9 Å². The minimum atomic E-state index is -4.49. The van der Waals surface area contributed by atoms with Gasteiger partial charge in [0.1, 0.15) is 5.78 Å². The summed E-state index contributed by atoms with van der Waals surface area (Å²) in [6.07, 6.45) is -1.97. The quantitative estimate of drug-likeness (QED) is 0.261. The van der Waals surface area contributed by atoms with E-state index >= 15 is 0 Å². The molecule has 0 N–H and O–H groups in total. The molecule has 2 aromatic heterocycles. The molecule has 0 unspecified atom stereocenters. The second-order valence-electron chi connectivity index (χ2n) is 5.02. The minimum absolute atomic E-state index is 0. The van der Waals surface area contributed by atoms with Crippen LogP contribution in [0, 0.1) is 17.7 Å². The fraction of sp³-hybridized carbons (Fsp3) is 0.111. The molecule has 1 aromatic carbocycles. The fourth-order valence-corrected chi connectivity index (χ4v) is 2.00. The first kappa shape index (κ1) is 22.7. The van der Waals surface area contributed by atoms with Crippen LogP contribution in [0.2, 0.25) is 0 Å². The van der Waals surface area contributed by atoms with Gasteiger partial charge in [-0.2, -0.15) is 19.4 Å². The summed E-state index contributed by atoms with van der Waals surface area (Å²) in [5.74, 6) is -1.96. The van der Waals surface area contributed by atoms with Gasteiger partial charge in [-0.15, -0.1) is 12.1 Å². The summed E-state index contributed by atoms with van der Waals surface area (Å²) in [4.78, 5) is 17.9. The van der Waals surface area contributed by atoms with Gasteiger partial charge in [0, 0.05) is 43.5 Å². The van der Waals surface area contributed by atoms with Crippen LogP contribution in [0.4, 0.5) is 22.0 Å². The zero-order chi connectivity index (χ0) is 19.3. The maximum absolute atomic E-state index is 13.2. The van der Waals surface area contributed by atoms with Crippen LogP contribution in [-0.2, 0) is 26.3 Å². The van der Waals surface area contributed by atoms with Crippen molar-refractivity contribution in [3.05, 3.63) is 77.8 Å². The Morgan fingerprint density at radius 3 is 2.37 bits per heavy atom. The Morgan fingerprint density at radius 1 is 1.19 bits per heavy atom. The summed E-state index contributed by atoms with van der Waals surface area (Å²) >= 11 is 0. The Hall–Kier alpha value is -2.38. The molecule has 0 aliphatic rings. The van der Waals surface area contributed by atoms with Gasteiger partial charge in [0.2, 0.25) is 0 Å². The zero-order valence-corrected chi connectivity index (χ0v) is 16.0. The average molecular weight is 559 g/mol. The van der Waals surface area contributed by atoms with Gasteiger partial charge in [0.25, 0.3) is 0 Å². The van der Waals surface area contributed by atoms with Gasteiger partial charge in [0.15, 0.2) is 0 Å². The van der Waals surface area contributed by atoms with Crippen LogP contribution >= 0.6 is 0 Å². The molecule has 1 radical (unpaired) electrons. The number of ketones is 1. The van der Waals surface area contributed by atoms with Crippen molar-refractivity contribution in [3.8, 4) is 11.3 Å². The van der Waals surface area contributed by atoms with E-state index in [4.69, 9.17) is 0 Å². The standard InChI is InChI=1S/C11H6F2N.C7H6F3NO.Ir/c12-8-4-5-9(10(13)7-8)11-3-1-2-6-14-11;1-4(12)6-5(2-3-11-6)7(8,9)10;/h1-4,6-7H;2-3H,1H3,(H,11,12);/q-1;;/p-1. The molecule has 0 fully saturated rings. The number of pyridine rings is 1. The van der Waals surface area contributed by atoms with Gasteiger partial charge in [0.05, 0.1) is 0 Å². The van der Waals surface area contributed by atoms with Crippen molar-refractivity contribution in [2.75, 3.05) is 0 Å². The molecule has 27 heavy (non-hydrogen) atoms. The van der Waals surface area contributed by atoms with Crippen LogP contribution in [0.15, 0.2) is 48.8 Å². The molecule has 0 amide bonds. The fourth-order valence-electron chi connectivity index (χ4n) is 2.00. The van der Waals surface area contributed by atoms with E-state index in [2.05, 4.69) is 16.0 Å². The van der Waals surface area contributed by atoms with E-state index in [1.807, 2.05) is 0 Å². The second kappa shape index (κ2) is 9.52. The van der Waals surface area contributed by atoms with Gasteiger partial charge in [-0.25, -0.2) is 0 Å². The Labute approximate surface area is 165 Å². The van der Waals surface area contributed by atoms with Gasteiger partial charge >= 0.3 is 6.18 Å². The first-order valence-corrected chi connectivity index (χ1v) is 7.18. The number of benzene rings is 1. The SMILES string of the molecule is CC(=O)c1[n-]ccc1C(F)(F)F.Fc1c[c-]c(-c2ccccn2)c(F)c1.[Ir]. The number of aromatic nitrogens is 2. The summed E-state index contributed by atoms with van der Waals surface area (Å²) < 4.78 is 61.9. The molecule has 0 atom stereocenters. The number of alkyl halides is 3. The molecule has 3 nitrogen and oxygen atoms in total. The van der Waals surface area contributed by atoms with Crippen molar-refractivity contribution in [2.45, 2.75) is 13.1 Å². The van der Waals surface area contributed by atoms with Crippen LogP contribution in [0.25, 0.3) is 11.3 Å².